The smallest absolute Gasteiger partial charge is 0.224 e. The highest BCUT2D eigenvalue weighted by molar-refractivity contribution is 5.78. The lowest BCUT2D eigenvalue weighted by molar-refractivity contribution is -0.131. The van der Waals surface area contributed by atoms with Crippen LogP contribution < -0.4 is 5.32 Å². The molecule has 0 aliphatic carbocycles. The van der Waals surface area contributed by atoms with Gasteiger partial charge < -0.3 is 10.2 Å². The highest BCUT2D eigenvalue weighted by Gasteiger charge is 2.14. The normalized spacial score (nSPS) is 11.8. The maximum Gasteiger partial charge on any atom is 0.224 e. The van der Waals surface area contributed by atoms with Crippen LogP contribution >= 0.6 is 0 Å². The molecule has 0 radical (unpaired) electrons. The van der Waals surface area contributed by atoms with Crippen molar-refractivity contribution in [3.05, 3.63) is 35.6 Å². The fourth-order valence-corrected chi connectivity index (χ4v) is 2.07. The standard InChI is InChI=1S/C16H23FN2O2/c1-4-12(2)19(13(3)20)10-9-18-16(21)11-14-5-7-15(17)8-6-14/h5-8,12H,4,9-11H2,1-3H3,(H,18,21). The minimum atomic E-state index is -0.315. The van der Waals surface area contributed by atoms with Gasteiger partial charge in [0.2, 0.25) is 11.8 Å². The number of amides is 2. The second-order valence-electron chi connectivity index (χ2n) is 5.12. The van der Waals surface area contributed by atoms with Crippen LogP contribution in [-0.4, -0.2) is 35.8 Å². The predicted octanol–water partition coefficient (Wildman–Crippen LogP) is 2.13. The molecule has 1 aromatic rings. The zero-order valence-corrected chi connectivity index (χ0v) is 12.9. The van der Waals surface area contributed by atoms with Crippen LogP contribution in [0.2, 0.25) is 0 Å². The lowest BCUT2D eigenvalue weighted by atomic mass is 10.1. The second kappa shape index (κ2) is 8.39. The molecule has 1 N–H and O–H groups in total. The number of hydrogen-bond donors (Lipinski definition) is 1. The van der Waals surface area contributed by atoms with Gasteiger partial charge in [-0.3, -0.25) is 9.59 Å². The Bertz CT molecular complexity index is 474. The Hall–Kier alpha value is -1.91. The van der Waals surface area contributed by atoms with E-state index in [4.69, 9.17) is 0 Å². The second-order valence-corrected chi connectivity index (χ2v) is 5.12. The van der Waals surface area contributed by atoms with E-state index in [0.29, 0.717) is 13.1 Å². The van der Waals surface area contributed by atoms with Gasteiger partial charge in [-0.2, -0.15) is 0 Å². The maximum atomic E-state index is 12.8. The minimum absolute atomic E-state index is 0.0112. The summed E-state index contributed by atoms with van der Waals surface area (Å²) in [6.07, 6.45) is 1.09. The van der Waals surface area contributed by atoms with Crippen molar-refractivity contribution in [2.75, 3.05) is 13.1 Å². The van der Waals surface area contributed by atoms with Gasteiger partial charge in [-0.25, -0.2) is 4.39 Å². The Labute approximate surface area is 125 Å². The molecule has 4 nitrogen and oxygen atoms in total. The van der Waals surface area contributed by atoms with Gasteiger partial charge in [0.05, 0.1) is 6.42 Å². The number of carbonyl (C=O) groups excluding carboxylic acids is 2. The van der Waals surface area contributed by atoms with E-state index < -0.39 is 0 Å². The largest absolute Gasteiger partial charge is 0.354 e. The number of halogens is 1. The van der Waals surface area contributed by atoms with Gasteiger partial charge in [-0.05, 0) is 31.0 Å². The molecule has 0 aliphatic rings. The summed E-state index contributed by atoms with van der Waals surface area (Å²) in [6.45, 7) is 6.46. The maximum absolute atomic E-state index is 12.8. The molecule has 116 valence electrons. The van der Waals surface area contributed by atoms with E-state index in [9.17, 15) is 14.0 Å². The first-order valence-electron chi connectivity index (χ1n) is 7.22. The summed E-state index contributed by atoms with van der Waals surface area (Å²) in [4.78, 5) is 25.0. The van der Waals surface area contributed by atoms with Crippen molar-refractivity contribution in [3.8, 4) is 0 Å². The number of nitrogens with one attached hydrogen (secondary N) is 1. The summed E-state index contributed by atoms with van der Waals surface area (Å²) in [5, 5.41) is 2.78. The van der Waals surface area contributed by atoms with Gasteiger partial charge in [-0.1, -0.05) is 19.1 Å². The summed E-state index contributed by atoms with van der Waals surface area (Å²) >= 11 is 0. The van der Waals surface area contributed by atoms with E-state index in [1.165, 1.54) is 19.1 Å². The monoisotopic (exact) mass is 294 g/mol. The molecule has 21 heavy (non-hydrogen) atoms. The Kier molecular flexibility index (Phi) is 6.85. The van der Waals surface area contributed by atoms with Crippen LogP contribution in [0.25, 0.3) is 0 Å². The van der Waals surface area contributed by atoms with Crippen LogP contribution in [-0.2, 0) is 16.0 Å². The third kappa shape index (κ3) is 5.94. The lowest BCUT2D eigenvalue weighted by Crippen LogP contribution is -2.42. The molecule has 0 fully saturated rings. The SMILES string of the molecule is CCC(C)N(CCNC(=O)Cc1ccc(F)cc1)C(C)=O. The Morgan fingerprint density at radius 2 is 1.90 bits per heavy atom. The highest BCUT2D eigenvalue weighted by Crippen LogP contribution is 2.04. The summed E-state index contributed by atoms with van der Waals surface area (Å²) in [6, 6.07) is 6.02. The molecular weight excluding hydrogens is 271 g/mol. The van der Waals surface area contributed by atoms with Crippen molar-refractivity contribution in [1.29, 1.82) is 0 Å². The van der Waals surface area contributed by atoms with Crippen molar-refractivity contribution < 1.29 is 14.0 Å². The molecular formula is C16H23FN2O2. The first-order chi connectivity index (χ1) is 9.93. The topological polar surface area (TPSA) is 49.4 Å². The lowest BCUT2D eigenvalue weighted by Gasteiger charge is -2.27. The van der Waals surface area contributed by atoms with Crippen molar-refractivity contribution >= 4 is 11.8 Å². The highest BCUT2D eigenvalue weighted by atomic mass is 19.1. The van der Waals surface area contributed by atoms with Gasteiger partial charge in [0, 0.05) is 26.1 Å². The number of benzene rings is 1. The van der Waals surface area contributed by atoms with Crippen LogP contribution in [0.1, 0.15) is 32.8 Å². The van der Waals surface area contributed by atoms with E-state index >= 15 is 0 Å². The molecule has 2 amide bonds. The van der Waals surface area contributed by atoms with Crippen molar-refractivity contribution in [2.24, 2.45) is 0 Å². The van der Waals surface area contributed by atoms with Crippen LogP contribution in [0.15, 0.2) is 24.3 Å². The molecule has 0 aromatic heterocycles. The molecule has 0 saturated carbocycles. The zero-order valence-electron chi connectivity index (χ0n) is 12.9. The molecule has 0 bridgehead atoms. The van der Waals surface area contributed by atoms with Crippen LogP contribution in [0.4, 0.5) is 4.39 Å². The summed E-state index contributed by atoms with van der Waals surface area (Å²) < 4.78 is 12.8. The molecule has 0 spiro atoms. The van der Waals surface area contributed by atoms with Gasteiger partial charge >= 0.3 is 0 Å². The zero-order chi connectivity index (χ0) is 15.8. The van der Waals surface area contributed by atoms with E-state index in [0.717, 1.165) is 12.0 Å². The molecule has 1 rings (SSSR count). The third-order valence-corrected chi connectivity index (χ3v) is 3.48. The van der Waals surface area contributed by atoms with Gasteiger partial charge in [0.25, 0.3) is 0 Å². The van der Waals surface area contributed by atoms with Crippen molar-refractivity contribution in [1.82, 2.24) is 10.2 Å². The number of nitrogens with zero attached hydrogens (tertiary/aromatic N) is 1. The van der Waals surface area contributed by atoms with E-state index in [1.807, 2.05) is 13.8 Å². The van der Waals surface area contributed by atoms with Crippen molar-refractivity contribution in [2.45, 2.75) is 39.7 Å². The first kappa shape index (κ1) is 17.1. The Morgan fingerprint density at radius 3 is 2.43 bits per heavy atom. The van der Waals surface area contributed by atoms with Crippen LogP contribution in [0.5, 0.6) is 0 Å². The number of hydrogen-bond acceptors (Lipinski definition) is 2. The van der Waals surface area contributed by atoms with E-state index in [2.05, 4.69) is 5.32 Å². The molecule has 1 unspecified atom stereocenters. The quantitative estimate of drug-likeness (QED) is 0.837. The predicted molar refractivity (Wildman–Crippen MR) is 80.3 cm³/mol. The molecule has 1 aromatic carbocycles. The Morgan fingerprint density at radius 1 is 1.29 bits per heavy atom. The van der Waals surface area contributed by atoms with Gasteiger partial charge in [0.15, 0.2) is 0 Å². The number of carbonyl (C=O) groups is 2. The molecule has 0 aliphatic heterocycles. The fraction of sp³-hybridized carbons (Fsp3) is 0.500. The summed E-state index contributed by atoms with van der Waals surface area (Å²) in [7, 11) is 0. The average molecular weight is 294 g/mol. The van der Waals surface area contributed by atoms with Gasteiger partial charge in [-0.15, -0.1) is 0 Å². The molecule has 0 saturated heterocycles. The minimum Gasteiger partial charge on any atom is -0.354 e. The fourth-order valence-electron chi connectivity index (χ4n) is 2.07. The molecule has 1 atom stereocenters. The van der Waals surface area contributed by atoms with Gasteiger partial charge in [0.1, 0.15) is 5.82 Å². The summed E-state index contributed by atoms with van der Waals surface area (Å²) in [5.74, 6) is -0.434. The van der Waals surface area contributed by atoms with Crippen LogP contribution in [0, 0.1) is 5.82 Å². The molecule has 5 heteroatoms. The average Bonchev–Trinajstić information content (AvgIpc) is 2.45. The molecule has 0 heterocycles. The first-order valence-corrected chi connectivity index (χ1v) is 7.22. The van der Waals surface area contributed by atoms with E-state index in [1.54, 1.807) is 17.0 Å². The van der Waals surface area contributed by atoms with E-state index in [-0.39, 0.29) is 30.1 Å². The number of rotatable bonds is 7. The van der Waals surface area contributed by atoms with Crippen LogP contribution in [0.3, 0.4) is 0 Å². The third-order valence-electron chi connectivity index (χ3n) is 3.48. The summed E-state index contributed by atoms with van der Waals surface area (Å²) in [5.41, 5.74) is 0.763. The Balaban J connectivity index is 2.38. The van der Waals surface area contributed by atoms with Crippen molar-refractivity contribution in [3.63, 3.8) is 0 Å².